The van der Waals surface area contributed by atoms with Crippen molar-refractivity contribution in [2.75, 3.05) is 26.3 Å². The lowest BCUT2D eigenvalue weighted by molar-refractivity contribution is -0.133. The molecule has 0 saturated heterocycles. The van der Waals surface area contributed by atoms with Crippen molar-refractivity contribution < 1.29 is 14.6 Å². The van der Waals surface area contributed by atoms with Crippen molar-refractivity contribution in [1.82, 2.24) is 4.90 Å². The van der Waals surface area contributed by atoms with Gasteiger partial charge in [-0.05, 0) is 19.1 Å². The first-order valence-corrected chi connectivity index (χ1v) is 5.73. The summed E-state index contributed by atoms with van der Waals surface area (Å²) >= 11 is 0. The summed E-state index contributed by atoms with van der Waals surface area (Å²) in [5.74, 6) is 0.188. The normalized spacial score (nSPS) is 9.61. The molecule has 0 aliphatic carbocycles. The number of para-hydroxylation sites is 1. The van der Waals surface area contributed by atoms with Crippen LogP contribution in [0.25, 0.3) is 0 Å². The first kappa shape index (κ1) is 14.0. The lowest BCUT2D eigenvalue weighted by Gasteiger charge is -2.19. The number of amides is 1. The number of nitriles is 1. The van der Waals surface area contributed by atoms with Crippen molar-refractivity contribution in [1.29, 1.82) is 5.26 Å². The van der Waals surface area contributed by atoms with E-state index in [2.05, 4.69) is 0 Å². The molecule has 0 atom stereocenters. The lowest BCUT2D eigenvalue weighted by Crippen LogP contribution is -2.36. The van der Waals surface area contributed by atoms with Crippen molar-refractivity contribution >= 4 is 5.91 Å². The van der Waals surface area contributed by atoms with E-state index in [-0.39, 0.29) is 19.1 Å². The maximum atomic E-state index is 11.7. The molecule has 18 heavy (non-hydrogen) atoms. The van der Waals surface area contributed by atoms with Crippen molar-refractivity contribution in [2.45, 2.75) is 6.92 Å². The molecule has 1 aromatic rings. The van der Waals surface area contributed by atoms with E-state index in [4.69, 9.17) is 15.1 Å². The summed E-state index contributed by atoms with van der Waals surface area (Å²) in [6.45, 7) is 2.43. The van der Waals surface area contributed by atoms with Crippen LogP contribution in [0.1, 0.15) is 12.5 Å². The average molecular weight is 248 g/mol. The molecule has 0 saturated carbocycles. The van der Waals surface area contributed by atoms with Gasteiger partial charge in [0.1, 0.15) is 11.8 Å². The number of hydrogen-bond acceptors (Lipinski definition) is 4. The summed E-state index contributed by atoms with van der Waals surface area (Å²) in [4.78, 5) is 13.2. The second kappa shape index (κ2) is 7.30. The highest BCUT2D eigenvalue weighted by Crippen LogP contribution is 2.16. The Labute approximate surface area is 106 Å². The Bertz CT molecular complexity index is 440. The molecule has 1 rings (SSSR count). The fraction of sp³-hybridized carbons (Fsp3) is 0.385. The largest absolute Gasteiger partial charge is 0.482 e. The Kier molecular flexibility index (Phi) is 5.68. The number of rotatable bonds is 6. The third-order valence-electron chi connectivity index (χ3n) is 2.46. The van der Waals surface area contributed by atoms with Crippen LogP contribution in [0, 0.1) is 11.3 Å². The quantitative estimate of drug-likeness (QED) is 0.807. The molecule has 1 N–H and O–H groups in total. The van der Waals surface area contributed by atoms with Gasteiger partial charge in [0, 0.05) is 13.1 Å². The summed E-state index contributed by atoms with van der Waals surface area (Å²) in [7, 11) is 0. The van der Waals surface area contributed by atoms with Gasteiger partial charge in [-0.3, -0.25) is 4.79 Å². The van der Waals surface area contributed by atoms with E-state index in [1.165, 1.54) is 4.90 Å². The average Bonchev–Trinajstić information content (AvgIpc) is 2.42. The number of aliphatic hydroxyl groups is 1. The summed E-state index contributed by atoms with van der Waals surface area (Å²) < 4.78 is 5.32. The van der Waals surface area contributed by atoms with Crippen LogP contribution in [0.4, 0.5) is 0 Å². The minimum atomic E-state index is -0.209. The summed E-state index contributed by atoms with van der Waals surface area (Å²) in [6.07, 6.45) is 0. The zero-order valence-electron chi connectivity index (χ0n) is 10.3. The molecule has 0 aliphatic heterocycles. The molecule has 1 amide bonds. The number of ether oxygens (including phenoxy) is 1. The number of likely N-dealkylation sites (N-methyl/N-ethyl adjacent to an activating group) is 1. The van der Waals surface area contributed by atoms with E-state index in [0.29, 0.717) is 24.4 Å². The van der Waals surface area contributed by atoms with Gasteiger partial charge >= 0.3 is 0 Å². The summed E-state index contributed by atoms with van der Waals surface area (Å²) in [5, 5.41) is 17.7. The van der Waals surface area contributed by atoms with Crippen LogP contribution >= 0.6 is 0 Å². The zero-order chi connectivity index (χ0) is 13.4. The molecule has 0 heterocycles. The Morgan fingerprint density at radius 2 is 2.22 bits per heavy atom. The second-order valence-corrected chi connectivity index (χ2v) is 3.59. The molecule has 0 unspecified atom stereocenters. The third-order valence-corrected chi connectivity index (χ3v) is 2.46. The number of benzene rings is 1. The van der Waals surface area contributed by atoms with Crippen LogP contribution < -0.4 is 4.74 Å². The fourth-order valence-corrected chi connectivity index (χ4v) is 1.50. The molecule has 5 nitrogen and oxygen atoms in total. The Hall–Kier alpha value is -2.06. The number of aliphatic hydroxyl groups excluding tert-OH is 1. The van der Waals surface area contributed by atoms with Gasteiger partial charge in [-0.15, -0.1) is 0 Å². The SMILES string of the molecule is CCN(CCO)C(=O)COc1ccccc1C#N. The highest BCUT2D eigenvalue weighted by molar-refractivity contribution is 5.77. The zero-order valence-corrected chi connectivity index (χ0v) is 10.3. The number of carbonyl (C=O) groups is 1. The van der Waals surface area contributed by atoms with Crippen LogP contribution in [0.2, 0.25) is 0 Å². The predicted molar refractivity (Wildman–Crippen MR) is 66.0 cm³/mol. The molecule has 0 fully saturated rings. The predicted octanol–water partition coefficient (Wildman–Crippen LogP) is 0.778. The Balaban J connectivity index is 2.59. The molecule has 0 radical (unpaired) electrons. The van der Waals surface area contributed by atoms with Gasteiger partial charge in [0.2, 0.25) is 0 Å². The van der Waals surface area contributed by atoms with Crippen LogP contribution in [0.15, 0.2) is 24.3 Å². The van der Waals surface area contributed by atoms with Gasteiger partial charge in [0.25, 0.3) is 5.91 Å². The standard InChI is InChI=1S/C13H16N2O3/c1-2-15(7-8-16)13(17)10-18-12-6-4-3-5-11(12)9-14/h3-6,16H,2,7-8,10H2,1H3. The third kappa shape index (κ3) is 3.75. The van der Waals surface area contributed by atoms with E-state index in [9.17, 15) is 4.79 Å². The molecule has 1 aromatic carbocycles. The van der Waals surface area contributed by atoms with Crippen LogP contribution in [0.3, 0.4) is 0 Å². The van der Waals surface area contributed by atoms with Crippen molar-refractivity contribution in [2.24, 2.45) is 0 Å². The van der Waals surface area contributed by atoms with E-state index in [0.717, 1.165) is 0 Å². The number of hydrogen-bond donors (Lipinski definition) is 1. The summed E-state index contributed by atoms with van der Waals surface area (Å²) in [5.41, 5.74) is 0.399. The Morgan fingerprint density at radius 1 is 1.50 bits per heavy atom. The first-order chi connectivity index (χ1) is 8.72. The van der Waals surface area contributed by atoms with Gasteiger partial charge in [-0.1, -0.05) is 12.1 Å². The van der Waals surface area contributed by atoms with Crippen molar-refractivity contribution in [3.63, 3.8) is 0 Å². The molecule has 0 spiro atoms. The van der Waals surface area contributed by atoms with E-state index in [1.54, 1.807) is 24.3 Å². The molecule has 0 aliphatic rings. The number of nitrogens with zero attached hydrogens (tertiary/aromatic N) is 2. The molecule has 96 valence electrons. The summed E-state index contributed by atoms with van der Waals surface area (Å²) in [6, 6.07) is 8.75. The minimum Gasteiger partial charge on any atom is -0.482 e. The maximum Gasteiger partial charge on any atom is 0.260 e. The molecule has 5 heteroatoms. The van der Waals surface area contributed by atoms with E-state index >= 15 is 0 Å². The van der Waals surface area contributed by atoms with Gasteiger partial charge in [0.15, 0.2) is 6.61 Å². The van der Waals surface area contributed by atoms with Crippen molar-refractivity contribution in [3.8, 4) is 11.8 Å². The van der Waals surface area contributed by atoms with Gasteiger partial charge in [0.05, 0.1) is 12.2 Å². The van der Waals surface area contributed by atoms with E-state index in [1.807, 2.05) is 13.0 Å². The second-order valence-electron chi connectivity index (χ2n) is 3.59. The molecular formula is C13H16N2O3. The molecule has 0 aromatic heterocycles. The molecule has 0 bridgehead atoms. The van der Waals surface area contributed by atoms with Crippen LogP contribution in [0.5, 0.6) is 5.75 Å². The van der Waals surface area contributed by atoms with Crippen molar-refractivity contribution in [3.05, 3.63) is 29.8 Å². The lowest BCUT2D eigenvalue weighted by atomic mass is 10.2. The fourth-order valence-electron chi connectivity index (χ4n) is 1.50. The van der Waals surface area contributed by atoms with E-state index < -0.39 is 0 Å². The topological polar surface area (TPSA) is 73.6 Å². The minimum absolute atomic E-state index is 0.0750. The number of carbonyl (C=O) groups excluding carboxylic acids is 1. The van der Waals surface area contributed by atoms with Crippen LogP contribution in [-0.4, -0.2) is 42.2 Å². The smallest absolute Gasteiger partial charge is 0.260 e. The van der Waals surface area contributed by atoms with Gasteiger partial charge < -0.3 is 14.7 Å². The maximum absolute atomic E-state index is 11.7. The first-order valence-electron chi connectivity index (χ1n) is 5.73. The monoisotopic (exact) mass is 248 g/mol. The molecular weight excluding hydrogens is 232 g/mol. The highest BCUT2D eigenvalue weighted by atomic mass is 16.5. The van der Waals surface area contributed by atoms with Gasteiger partial charge in [-0.2, -0.15) is 5.26 Å². The van der Waals surface area contributed by atoms with Gasteiger partial charge in [-0.25, -0.2) is 0 Å². The van der Waals surface area contributed by atoms with Crippen LogP contribution in [-0.2, 0) is 4.79 Å². The highest BCUT2D eigenvalue weighted by Gasteiger charge is 2.12. The Morgan fingerprint density at radius 3 is 2.83 bits per heavy atom.